The van der Waals surface area contributed by atoms with Gasteiger partial charge in [-0.25, -0.2) is 9.50 Å². The summed E-state index contributed by atoms with van der Waals surface area (Å²) in [5, 5.41) is 13.3. The third-order valence-corrected chi connectivity index (χ3v) is 3.34. The van der Waals surface area contributed by atoms with E-state index in [9.17, 15) is 0 Å². The summed E-state index contributed by atoms with van der Waals surface area (Å²) < 4.78 is 7.39. The van der Waals surface area contributed by atoms with E-state index in [4.69, 9.17) is 29.3 Å². The van der Waals surface area contributed by atoms with Crippen molar-refractivity contribution in [3.8, 4) is 0 Å². The number of nitrogens with zero attached hydrogens (tertiary/aromatic N) is 3. The smallest absolute Gasteiger partial charge is 0.240 e. The first-order chi connectivity index (χ1) is 8.69. The van der Waals surface area contributed by atoms with Crippen LogP contribution in [0.1, 0.15) is 24.6 Å². The van der Waals surface area contributed by atoms with Crippen molar-refractivity contribution in [1.29, 1.82) is 0 Å². The minimum atomic E-state index is -0.102. The highest BCUT2D eigenvalue weighted by Crippen LogP contribution is 2.32. The first-order valence-electron chi connectivity index (χ1n) is 5.76. The Balaban J connectivity index is 2.03. The Labute approximate surface area is 110 Å². The third-order valence-electron chi connectivity index (χ3n) is 3.18. The van der Waals surface area contributed by atoms with E-state index in [1.54, 1.807) is 4.52 Å². The van der Waals surface area contributed by atoms with Crippen molar-refractivity contribution in [2.45, 2.75) is 25.0 Å². The molecule has 0 amide bonds. The molecule has 0 spiro atoms. The van der Waals surface area contributed by atoms with E-state index in [2.05, 4.69) is 10.1 Å². The molecular weight excluding hydrogens is 252 g/mol. The van der Waals surface area contributed by atoms with Gasteiger partial charge in [0, 0.05) is 5.59 Å². The van der Waals surface area contributed by atoms with Crippen LogP contribution in [0.5, 0.6) is 0 Å². The zero-order chi connectivity index (χ0) is 12.7. The molecule has 92 valence electrons. The second-order valence-corrected chi connectivity index (χ2v) is 4.67. The summed E-state index contributed by atoms with van der Waals surface area (Å²) in [6.07, 6.45) is 1.49. The van der Waals surface area contributed by atoms with Gasteiger partial charge in [0.1, 0.15) is 14.0 Å². The van der Waals surface area contributed by atoms with Crippen LogP contribution in [0, 0.1) is 0 Å². The first-order valence-corrected chi connectivity index (χ1v) is 6.14. The van der Waals surface area contributed by atoms with Gasteiger partial charge in [-0.2, -0.15) is 0 Å². The van der Waals surface area contributed by atoms with Gasteiger partial charge in [0.2, 0.25) is 5.28 Å². The highest BCUT2D eigenvalue weighted by atomic mass is 35.5. The second kappa shape index (κ2) is 4.53. The SMILES string of the molecule is [B]c1nc(Cl)nn2c(C3CCC(CO)O3)ccc12. The van der Waals surface area contributed by atoms with E-state index < -0.39 is 0 Å². The molecule has 2 aromatic rings. The molecule has 2 radical (unpaired) electrons. The molecule has 2 aromatic heterocycles. The van der Waals surface area contributed by atoms with Gasteiger partial charge in [0.25, 0.3) is 0 Å². The molecule has 18 heavy (non-hydrogen) atoms. The van der Waals surface area contributed by atoms with Crippen molar-refractivity contribution in [3.05, 3.63) is 23.1 Å². The van der Waals surface area contributed by atoms with Gasteiger partial charge >= 0.3 is 0 Å². The topological polar surface area (TPSA) is 59.7 Å². The molecule has 0 aliphatic carbocycles. The fraction of sp³-hybridized carbons (Fsp3) is 0.455. The summed E-state index contributed by atoms with van der Waals surface area (Å²) in [4.78, 5) is 3.90. The minimum absolute atomic E-state index is 0.0394. The van der Waals surface area contributed by atoms with E-state index in [1.165, 1.54) is 0 Å². The van der Waals surface area contributed by atoms with Crippen LogP contribution >= 0.6 is 11.6 Å². The molecule has 1 N–H and O–H groups in total. The summed E-state index contributed by atoms with van der Waals surface area (Å²) in [6.45, 7) is 0.0394. The standard InChI is InChI=1S/C11H11BClN3O2/c12-10-8-3-2-7(16(8)15-11(13)14-10)9-4-1-6(5-17)18-9/h2-3,6,9,17H,1,4-5H2. The third kappa shape index (κ3) is 1.90. The molecule has 1 aliphatic rings. The van der Waals surface area contributed by atoms with Crippen molar-refractivity contribution in [3.63, 3.8) is 0 Å². The van der Waals surface area contributed by atoms with Crippen LogP contribution in [0.3, 0.4) is 0 Å². The van der Waals surface area contributed by atoms with Crippen molar-refractivity contribution in [2.24, 2.45) is 0 Å². The van der Waals surface area contributed by atoms with Crippen LogP contribution in [0.25, 0.3) is 5.52 Å². The Morgan fingerprint density at radius 2 is 2.33 bits per heavy atom. The molecule has 1 saturated heterocycles. The predicted octanol–water partition coefficient (Wildman–Crippen LogP) is 0.389. The fourth-order valence-corrected chi connectivity index (χ4v) is 2.48. The number of rotatable bonds is 2. The molecular formula is C11H11BClN3O2. The van der Waals surface area contributed by atoms with Gasteiger partial charge in [-0.05, 0) is 36.6 Å². The average Bonchev–Trinajstić information content (AvgIpc) is 2.93. The largest absolute Gasteiger partial charge is 0.394 e. The molecule has 3 rings (SSSR count). The molecule has 5 nitrogen and oxygen atoms in total. The Morgan fingerprint density at radius 3 is 3.06 bits per heavy atom. The predicted molar refractivity (Wildman–Crippen MR) is 67.3 cm³/mol. The lowest BCUT2D eigenvalue weighted by molar-refractivity contribution is 0.00856. The maximum atomic E-state index is 9.08. The highest BCUT2D eigenvalue weighted by Gasteiger charge is 2.28. The van der Waals surface area contributed by atoms with Gasteiger partial charge in [0.05, 0.1) is 23.9 Å². The van der Waals surface area contributed by atoms with Crippen molar-refractivity contribution < 1.29 is 9.84 Å². The van der Waals surface area contributed by atoms with Crippen molar-refractivity contribution in [1.82, 2.24) is 14.6 Å². The van der Waals surface area contributed by atoms with Crippen molar-refractivity contribution in [2.75, 3.05) is 6.61 Å². The number of ether oxygens (including phenoxy) is 1. The molecule has 7 heteroatoms. The lowest BCUT2D eigenvalue weighted by atomic mass is 10.0. The zero-order valence-corrected chi connectivity index (χ0v) is 10.3. The molecule has 1 aliphatic heterocycles. The van der Waals surface area contributed by atoms with E-state index in [0.29, 0.717) is 11.1 Å². The number of fused-ring (bicyclic) bond motifs is 1. The van der Waals surface area contributed by atoms with E-state index in [1.807, 2.05) is 12.1 Å². The van der Waals surface area contributed by atoms with Gasteiger partial charge in [-0.1, -0.05) is 0 Å². The Kier molecular flexibility index (Phi) is 3.01. The average molecular weight is 263 g/mol. The normalized spacial score (nSPS) is 23.9. The van der Waals surface area contributed by atoms with Crippen LogP contribution in [-0.4, -0.2) is 40.3 Å². The van der Waals surface area contributed by atoms with Gasteiger partial charge in [-0.3, -0.25) is 0 Å². The van der Waals surface area contributed by atoms with E-state index in [0.717, 1.165) is 18.5 Å². The highest BCUT2D eigenvalue weighted by molar-refractivity contribution is 6.36. The Bertz CT molecular complexity index is 589. The quantitative estimate of drug-likeness (QED) is 0.796. The molecule has 2 unspecified atom stereocenters. The molecule has 0 saturated carbocycles. The van der Waals surface area contributed by atoms with Crippen LogP contribution in [0.2, 0.25) is 5.28 Å². The number of halogens is 1. The van der Waals surface area contributed by atoms with Gasteiger partial charge in [-0.15, -0.1) is 5.10 Å². The lowest BCUT2D eigenvalue weighted by Crippen LogP contribution is -2.17. The number of hydrogen-bond donors (Lipinski definition) is 1. The van der Waals surface area contributed by atoms with Gasteiger partial charge < -0.3 is 9.84 Å². The van der Waals surface area contributed by atoms with E-state index >= 15 is 0 Å². The number of aliphatic hydroxyl groups excluding tert-OH is 1. The monoisotopic (exact) mass is 263 g/mol. The first kappa shape index (κ1) is 12.0. The molecule has 3 heterocycles. The van der Waals surface area contributed by atoms with Crippen LogP contribution in [0.15, 0.2) is 12.1 Å². The molecule has 1 fully saturated rings. The van der Waals surface area contributed by atoms with Crippen molar-refractivity contribution >= 4 is 30.6 Å². The van der Waals surface area contributed by atoms with Crippen LogP contribution in [-0.2, 0) is 4.74 Å². The number of aliphatic hydroxyl groups is 1. The lowest BCUT2D eigenvalue weighted by Gasteiger charge is -2.12. The Hall–Kier alpha value is -1.11. The second-order valence-electron chi connectivity index (χ2n) is 4.33. The van der Waals surface area contributed by atoms with Gasteiger partial charge in [0.15, 0.2) is 0 Å². The fourth-order valence-electron chi connectivity index (χ4n) is 2.31. The Morgan fingerprint density at radius 1 is 1.50 bits per heavy atom. The summed E-state index contributed by atoms with van der Waals surface area (Å²) in [7, 11) is 5.79. The maximum absolute atomic E-state index is 9.08. The molecule has 0 aromatic carbocycles. The summed E-state index contributed by atoms with van der Waals surface area (Å²) in [6, 6.07) is 3.75. The molecule has 2 atom stereocenters. The number of aromatic nitrogens is 3. The zero-order valence-electron chi connectivity index (χ0n) is 9.58. The van der Waals surface area contributed by atoms with Crippen LogP contribution in [0.4, 0.5) is 0 Å². The number of hydrogen-bond acceptors (Lipinski definition) is 4. The molecule has 0 bridgehead atoms. The van der Waals surface area contributed by atoms with Crippen LogP contribution < -0.4 is 5.59 Å². The minimum Gasteiger partial charge on any atom is -0.394 e. The summed E-state index contributed by atoms with van der Waals surface area (Å²) in [5.74, 6) is 0. The van der Waals surface area contributed by atoms with E-state index in [-0.39, 0.29) is 24.1 Å². The maximum Gasteiger partial charge on any atom is 0.240 e. The summed E-state index contributed by atoms with van der Waals surface area (Å²) >= 11 is 5.81. The summed E-state index contributed by atoms with van der Waals surface area (Å²) in [5.41, 5.74) is 1.94.